The highest BCUT2D eigenvalue weighted by Gasteiger charge is 2.22. The van der Waals surface area contributed by atoms with E-state index < -0.39 is 0 Å². The van der Waals surface area contributed by atoms with E-state index in [1.807, 2.05) is 153 Å². The fourth-order valence-electron chi connectivity index (χ4n) is 17.7. The fourth-order valence-corrected chi connectivity index (χ4v) is 17.7. The Morgan fingerprint density at radius 3 is 0.860 bits per heavy atom. The zero-order valence-electron chi connectivity index (χ0n) is 68.9. The van der Waals surface area contributed by atoms with Crippen molar-refractivity contribution in [2.24, 2.45) is 0 Å². The van der Waals surface area contributed by atoms with Crippen molar-refractivity contribution in [1.29, 1.82) is 0 Å². The first-order valence-corrected chi connectivity index (χ1v) is 42.5. The number of benzene rings is 11. The third-order valence-electron chi connectivity index (χ3n) is 24.1. The van der Waals surface area contributed by atoms with Gasteiger partial charge in [0.25, 0.3) is 0 Å². The lowest BCUT2D eigenvalue weighted by atomic mass is 10.0. The maximum Gasteiger partial charge on any atom is 0.178 e. The van der Waals surface area contributed by atoms with Gasteiger partial charge in [0.2, 0.25) is 0 Å². The van der Waals surface area contributed by atoms with Gasteiger partial charge >= 0.3 is 0 Å². The number of aromatic nitrogens is 17. The summed E-state index contributed by atoms with van der Waals surface area (Å²) in [5.74, 6) is 2.02. The maximum atomic E-state index is 5.37. The highest BCUT2D eigenvalue weighted by Crippen LogP contribution is 2.41. The van der Waals surface area contributed by atoms with Crippen LogP contribution >= 0.6 is 0 Å². The van der Waals surface area contributed by atoms with Gasteiger partial charge in [-0.15, -0.1) is 0 Å². The van der Waals surface area contributed by atoms with E-state index in [9.17, 15) is 0 Å². The molecule has 11 aromatic carbocycles. The Morgan fingerprint density at radius 2 is 0.450 bits per heavy atom. The molecule has 13 heterocycles. The van der Waals surface area contributed by atoms with Crippen LogP contribution in [0.2, 0.25) is 0 Å². The molecule has 0 aliphatic heterocycles. The van der Waals surface area contributed by atoms with Crippen LogP contribution in [-0.2, 0) is 0 Å². The van der Waals surface area contributed by atoms with Crippen molar-refractivity contribution in [3.05, 3.63) is 420 Å². The average Bonchev–Trinajstić information content (AvgIpc) is 1.63. The molecule has 0 N–H and O–H groups in total. The van der Waals surface area contributed by atoms with E-state index in [2.05, 4.69) is 275 Å². The molecule has 0 saturated carbocycles. The molecule has 0 aliphatic carbocycles. The Bertz CT molecular complexity index is 8260. The van der Waals surface area contributed by atoms with Gasteiger partial charge in [-0.25, -0.2) is 49.8 Å². The van der Waals surface area contributed by atoms with Crippen LogP contribution in [0.15, 0.2) is 420 Å². The standard InChI is InChI=1S/C112H69N17/c1-2-18-74(19-3-1)95-58-79(109-117-64-81(65-118-109)71-37-44-84(45-38-71)127-103-27-10-4-20-87(103)88-21-5-11-28-104(88)127)60-99(123-95)96-56-76(51-54-114-96)77-52-55-115-97(57-77)100-61-80(110-119-66-82(67-120-110)72-39-46-85(47-40-72)128-105-29-12-6-22-89(105)90-23-7-13-30-106(90)128)59-98(124-100)94-50-43-78(63-116-94)70-33-35-75(36-34-70)111-125-101(93-26-16-17-53-113-93)62-102(126-111)112-121-68-83(69-122-112)73-41-48-86(49-42-73)129-107-31-14-8-24-91(107)92-25-9-15-32-108(92)129/h1-69H. The van der Waals surface area contributed by atoms with E-state index in [4.69, 9.17) is 69.8 Å². The van der Waals surface area contributed by atoms with Gasteiger partial charge in [0, 0.05) is 156 Å². The maximum absolute atomic E-state index is 5.37. The van der Waals surface area contributed by atoms with E-state index in [0.29, 0.717) is 74.5 Å². The number of hydrogen-bond donors (Lipinski definition) is 0. The van der Waals surface area contributed by atoms with Gasteiger partial charge in [-0.05, 0) is 179 Å². The molecule has 0 amide bonds. The number of rotatable bonds is 17. The minimum atomic E-state index is 0.459. The summed E-state index contributed by atoms with van der Waals surface area (Å²) in [6.45, 7) is 0. The molecule has 17 nitrogen and oxygen atoms in total. The summed E-state index contributed by atoms with van der Waals surface area (Å²) in [4.78, 5) is 70.7. The van der Waals surface area contributed by atoms with Crippen molar-refractivity contribution >= 4 is 65.4 Å². The third-order valence-corrected chi connectivity index (χ3v) is 24.1. The molecular weight excluding hydrogens is 1580 g/mol. The van der Waals surface area contributed by atoms with Crippen LogP contribution in [0.5, 0.6) is 0 Å². The normalized spacial score (nSPS) is 11.6. The van der Waals surface area contributed by atoms with E-state index in [0.717, 1.165) is 134 Å². The van der Waals surface area contributed by atoms with Crippen molar-refractivity contribution in [1.82, 2.24) is 83.5 Å². The number of nitrogens with zero attached hydrogens (tertiary/aromatic N) is 17. The van der Waals surface area contributed by atoms with Gasteiger partial charge < -0.3 is 13.7 Å². The molecule has 0 radical (unpaired) electrons. The first kappa shape index (κ1) is 74.8. The van der Waals surface area contributed by atoms with Gasteiger partial charge in [0.15, 0.2) is 23.3 Å². The van der Waals surface area contributed by atoms with Crippen LogP contribution in [0.4, 0.5) is 0 Å². The van der Waals surface area contributed by atoms with Gasteiger partial charge in [0.1, 0.15) is 5.69 Å². The summed E-state index contributed by atoms with van der Waals surface area (Å²) in [6.07, 6.45) is 18.5. The summed E-state index contributed by atoms with van der Waals surface area (Å²) < 4.78 is 6.95. The van der Waals surface area contributed by atoms with E-state index in [-0.39, 0.29) is 0 Å². The number of pyridine rings is 6. The Labute approximate surface area is 739 Å². The summed E-state index contributed by atoms with van der Waals surface area (Å²) in [5.41, 5.74) is 29.1. The number of fused-ring (bicyclic) bond motifs is 9. The monoisotopic (exact) mass is 1650 g/mol. The predicted octanol–water partition coefficient (Wildman–Crippen LogP) is 25.8. The van der Waals surface area contributed by atoms with Gasteiger partial charge in [-0.2, -0.15) is 0 Å². The van der Waals surface area contributed by atoms with Gasteiger partial charge in [-0.1, -0.05) is 212 Å². The van der Waals surface area contributed by atoms with Crippen LogP contribution < -0.4 is 0 Å². The first-order valence-electron chi connectivity index (χ1n) is 42.5. The topological polar surface area (TPSA) is 195 Å². The van der Waals surface area contributed by atoms with Crippen molar-refractivity contribution in [3.8, 4) is 175 Å². The molecule has 13 aromatic heterocycles. The second-order valence-electron chi connectivity index (χ2n) is 31.8. The largest absolute Gasteiger partial charge is 0.309 e. The van der Waals surface area contributed by atoms with Crippen LogP contribution in [-0.4, -0.2) is 83.5 Å². The Hall–Kier alpha value is -18.0. The van der Waals surface area contributed by atoms with Crippen LogP contribution in [0.3, 0.4) is 0 Å². The van der Waals surface area contributed by atoms with Crippen LogP contribution in [0, 0.1) is 0 Å². The molecule has 0 saturated heterocycles. The van der Waals surface area contributed by atoms with Gasteiger partial charge in [0.05, 0.1) is 84.3 Å². The molecular formula is C112H69N17. The van der Waals surface area contributed by atoms with Crippen LogP contribution in [0.1, 0.15) is 0 Å². The van der Waals surface area contributed by atoms with Crippen molar-refractivity contribution < 1.29 is 0 Å². The molecule has 24 aromatic rings. The molecule has 0 aliphatic rings. The van der Waals surface area contributed by atoms with Gasteiger partial charge in [-0.3, -0.25) is 19.9 Å². The number of hydrogen-bond acceptors (Lipinski definition) is 14. The van der Waals surface area contributed by atoms with Crippen molar-refractivity contribution in [2.75, 3.05) is 0 Å². The molecule has 0 unspecified atom stereocenters. The van der Waals surface area contributed by atoms with Crippen LogP contribution in [0.25, 0.3) is 241 Å². The summed E-state index contributed by atoms with van der Waals surface area (Å²) >= 11 is 0. The van der Waals surface area contributed by atoms with E-state index >= 15 is 0 Å². The van der Waals surface area contributed by atoms with Crippen molar-refractivity contribution in [3.63, 3.8) is 0 Å². The predicted molar refractivity (Wildman–Crippen MR) is 515 cm³/mol. The molecule has 0 atom stereocenters. The quantitative estimate of drug-likeness (QED) is 0.0835. The lowest BCUT2D eigenvalue weighted by Gasteiger charge is -2.12. The van der Waals surface area contributed by atoms with Crippen molar-refractivity contribution in [2.45, 2.75) is 0 Å². The molecule has 129 heavy (non-hydrogen) atoms. The minimum absolute atomic E-state index is 0.459. The minimum Gasteiger partial charge on any atom is -0.309 e. The lowest BCUT2D eigenvalue weighted by Crippen LogP contribution is -1.99. The number of para-hydroxylation sites is 6. The Morgan fingerprint density at radius 1 is 0.140 bits per heavy atom. The summed E-state index contributed by atoms with van der Waals surface area (Å²) in [6, 6.07) is 123. The SMILES string of the molecule is c1ccc(-c2cc(-c3ncc(-c4ccc(-n5c6ccccc6c6ccccc65)cc4)cn3)cc(-c3cc(-c4ccnc(-c5cc(-c6ncc(-c7ccc(-n8c9ccccc9c9ccccc98)cc7)cn6)cc(-c6ccc(-c7ccc(-c8nc(-c9ccccn9)cc(-c9ncc(-c%10ccc(-n%11c%12ccccc%12c%12ccccc%12%11)cc%10)cn9)n8)cc7)cn6)n5)c4)ccn3)n2)cc1. The molecule has 0 spiro atoms. The zero-order valence-corrected chi connectivity index (χ0v) is 68.9. The van der Waals surface area contributed by atoms with E-state index in [1.54, 1.807) is 6.20 Å². The molecule has 24 rings (SSSR count). The Kier molecular flexibility index (Phi) is 18.4. The molecule has 0 fully saturated rings. The second-order valence-corrected chi connectivity index (χ2v) is 31.8. The lowest BCUT2D eigenvalue weighted by molar-refractivity contribution is 1.10. The zero-order chi connectivity index (χ0) is 85.2. The first-order chi connectivity index (χ1) is 63.9. The molecule has 602 valence electrons. The fraction of sp³-hybridized carbons (Fsp3) is 0. The highest BCUT2D eigenvalue weighted by atomic mass is 15.0. The summed E-state index contributed by atoms with van der Waals surface area (Å²) in [5, 5.41) is 7.30. The average molecular weight is 1650 g/mol. The summed E-state index contributed by atoms with van der Waals surface area (Å²) in [7, 11) is 0. The highest BCUT2D eigenvalue weighted by molar-refractivity contribution is 6.11. The van der Waals surface area contributed by atoms with E-state index in [1.165, 1.54) is 32.3 Å². The third kappa shape index (κ3) is 13.9. The molecule has 0 bridgehead atoms. The Balaban J connectivity index is 0.532. The second kappa shape index (κ2) is 31.7. The molecule has 17 heteroatoms. The smallest absolute Gasteiger partial charge is 0.178 e.